The van der Waals surface area contributed by atoms with Gasteiger partial charge in [-0.3, -0.25) is 4.79 Å². The molecule has 0 radical (unpaired) electrons. The number of aryl methyl sites for hydroxylation is 1. The zero-order valence-corrected chi connectivity index (χ0v) is 12.5. The van der Waals surface area contributed by atoms with Gasteiger partial charge < -0.3 is 14.0 Å². The average molecular weight is 311 g/mol. The van der Waals surface area contributed by atoms with Gasteiger partial charge in [0.15, 0.2) is 24.4 Å². The number of carbonyl (C=O) groups is 1. The van der Waals surface area contributed by atoms with E-state index in [1.54, 1.807) is 6.07 Å². The molecule has 0 saturated carbocycles. The van der Waals surface area contributed by atoms with E-state index in [0.29, 0.717) is 40.1 Å². The number of nitrogens with zero attached hydrogens (tertiary/aromatic N) is 2. The van der Waals surface area contributed by atoms with Crippen LogP contribution in [0, 0.1) is 0 Å². The lowest BCUT2D eigenvalue weighted by atomic mass is 10.2. The predicted octanol–water partition coefficient (Wildman–Crippen LogP) is 3.08. The normalized spacial score (nSPS) is 10.4. The first-order valence-corrected chi connectivity index (χ1v) is 6.82. The molecule has 0 fully saturated rings. The fourth-order valence-corrected chi connectivity index (χ4v) is 2.00. The molecule has 0 bridgehead atoms. The third kappa shape index (κ3) is 3.72. The van der Waals surface area contributed by atoms with Crippen molar-refractivity contribution in [2.24, 2.45) is 0 Å². The minimum Gasteiger partial charge on any atom is -0.493 e. The van der Waals surface area contributed by atoms with Crippen molar-refractivity contribution in [3.63, 3.8) is 0 Å². The van der Waals surface area contributed by atoms with Crippen LogP contribution in [0.2, 0.25) is 5.02 Å². The quantitative estimate of drug-likeness (QED) is 0.732. The van der Waals surface area contributed by atoms with Crippen molar-refractivity contribution in [2.75, 3.05) is 7.11 Å². The van der Waals surface area contributed by atoms with E-state index in [-0.39, 0.29) is 6.61 Å². The Morgan fingerprint density at radius 2 is 2.24 bits per heavy atom. The zero-order valence-electron chi connectivity index (χ0n) is 11.8. The van der Waals surface area contributed by atoms with Crippen LogP contribution >= 0.6 is 11.6 Å². The van der Waals surface area contributed by atoms with Crippen molar-refractivity contribution in [1.29, 1.82) is 0 Å². The van der Waals surface area contributed by atoms with Crippen LogP contribution in [0.25, 0.3) is 0 Å². The van der Waals surface area contributed by atoms with E-state index in [0.717, 1.165) is 12.8 Å². The van der Waals surface area contributed by atoms with Crippen LogP contribution in [-0.2, 0) is 13.0 Å². The lowest BCUT2D eigenvalue weighted by Gasteiger charge is -2.11. The van der Waals surface area contributed by atoms with Crippen molar-refractivity contribution in [1.82, 2.24) is 10.1 Å². The van der Waals surface area contributed by atoms with E-state index in [9.17, 15) is 4.79 Å². The first-order valence-electron chi connectivity index (χ1n) is 6.44. The predicted molar refractivity (Wildman–Crippen MR) is 76.0 cm³/mol. The summed E-state index contributed by atoms with van der Waals surface area (Å²) >= 11 is 5.90. The van der Waals surface area contributed by atoms with Gasteiger partial charge in [-0.05, 0) is 12.5 Å². The number of methoxy groups -OCH3 is 1. The van der Waals surface area contributed by atoms with E-state index >= 15 is 0 Å². The fourth-order valence-electron chi connectivity index (χ4n) is 1.78. The van der Waals surface area contributed by atoms with E-state index in [4.69, 9.17) is 25.6 Å². The number of aromatic nitrogens is 2. The number of aldehydes is 1. The van der Waals surface area contributed by atoms with Gasteiger partial charge in [0.2, 0.25) is 11.7 Å². The molecule has 1 aromatic heterocycles. The summed E-state index contributed by atoms with van der Waals surface area (Å²) in [7, 11) is 1.47. The minimum absolute atomic E-state index is 0.0754. The molecule has 1 aromatic carbocycles. The third-order valence-electron chi connectivity index (χ3n) is 2.71. The molecule has 0 N–H and O–H groups in total. The second-order valence-electron chi connectivity index (χ2n) is 4.29. The molecule has 0 aliphatic rings. The van der Waals surface area contributed by atoms with Crippen LogP contribution in [-0.4, -0.2) is 23.5 Å². The summed E-state index contributed by atoms with van der Waals surface area (Å²) in [6.07, 6.45) is 2.29. The van der Waals surface area contributed by atoms with Gasteiger partial charge in [-0.2, -0.15) is 4.98 Å². The molecule has 0 atom stereocenters. The molecular weight excluding hydrogens is 296 g/mol. The maximum absolute atomic E-state index is 11.1. The van der Waals surface area contributed by atoms with Gasteiger partial charge in [-0.15, -0.1) is 0 Å². The molecule has 0 saturated heterocycles. The van der Waals surface area contributed by atoms with Gasteiger partial charge in [0.25, 0.3) is 0 Å². The van der Waals surface area contributed by atoms with Crippen molar-refractivity contribution in [2.45, 2.75) is 26.4 Å². The van der Waals surface area contributed by atoms with Crippen LogP contribution in [0.3, 0.4) is 0 Å². The largest absolute Gasteiger partial charge is 0.493 e. The molecular formula is C14H15ClN2O4. The molecule has 2 aromatic rings. The fraction of sp³-hybridized carbons (Fsp3) is 0.357. The van der Waals surface area contributed by atoms with Crippen molar-refractivity contribution < 1.29 is 18.8 Å². The maximum Gasteiger partial charge on any atom is 0.226 e. The highest BCUT2D eigenvalue weighted by Gasteiger charge is 2.14. The molecule has 0 unspecified atom stereocenters. The zero-order chi connectivity index (χ0) is 15.2. The summed E-state index contributed by atoms with van der Waals surface area (Å²) in [4.78, 5) is 15.3. The Morgan fingerprint density at radius 1 is 1.43 bits per heavy atom. The molecule has 0 spiro atoms. The summed E-state index contributed by atoms with van der Waals surface area (Å²) in [5, 5.41) is 4.21. The summed E-state index contributed by atoms with van der Waals surface area (Å²) in [6, 6.07) is 3.08. The van der Waals surface area contributed by atoms with Gasteiger partial charge in [-0.25, -0.2) is 0 Å². The lowest BCUT2D eigenvalue weighted by molar-refractivity contribution is 0.111. The van der Waals surface area contributed by atoms with Crippen molar-refractivity contribution in [3.8, 4) is 11.5 Å². The van der Waals surface area contributed by atoms with Gasteiger partial charge in [0.1, 0.15) is 0 Å². The Balaban J connectivity index is 2.16. The van der Waals surface area contributed by atoms with Gasteiger partial charge in [0, 0.05) is 17.5 Å². The van der Waals surface area contributed by atoms with Gasteiger partial charge in [-0.1, -0.05) is 23.7 Å². The molecule has 6 nitrogen and oxygen atoms in total. The number of carbonyl (C=O) groups excluding carboxylic acids is 1. The molecule has 0 amide bonds. The van der Waals surface area contributed by atoms with E-state index in [1.807, 2.05) is 6.92 Å². The van der Waals surface area contributed by atoms with Crippen LogP contribution in [0.1, 0.15) is 35.4 Å². The highest BCUT2D eigenvalue weighted by atomic mass is 35.5. The highest BCUT2D eigenvalue weighted by molar-refractivity contribution is 6.31. The Morgan fingerprint density at radius 3 is 2.90 bits per heavy atom. The van der Waals surface area contributed by atoms with Gasteiger partial charge >= 0.3 is 0 Å². The SMILES string of the molecule is CCCc1nc(COc2c(C=O)cc(Cl)cc2OC)no1. The number of rotatable bonds is 7. The smallest absolute Gasteiger partial charge is 0.226 e. The van der Waals surface area contributed by atoms with Crippen LogP contribution in [0.5, 0.6) is 11.5 Å². The van der Waals surface area contributed by atoms with Crippen LogP contribution in [0.4, 0.5) is 0 Å². The highest BCUT2D eigenvalue weighted by Crippen LogP contribution is 2.34. The number of halogens is 1. The minimum atomic E-state index is 0.0754. The average Bonchev–Trinajstić information content (AvgIpc) is 2.93. The monoisotopic (exact) mass is 310 g/mol. The molecule has 0 aliphatic heterocycles. The topological polar surface area (TPSA) is 74.5 Å². The molecule has 1 heterocycles. The maximum atomic E-state index is 11.1. The molecule has 112 valence electrons. The second kappa shape index (κ2) is 7.08. The van der Waals surface area contributed by atoms with Gasteiger partial charge in [0.05, 0.1) is 12.7 Å². The number of benzene rings is 1. The molecule has 21 heavy (non-hydrogen) atoms. The lowest BCUT2D eigenvalue weighted by Crippen LogP contribution is -2.02. The first-order chi connectivity index (χ1) is 10.2. The van der Waals surface area contributed by atoms with Crippen LogP contribution in [0.15, 0.2) is 16.7 Å². The summed E-state index contributed by atoms with van der Waals surface area (Å²) in [6.45, 7) is 2.10. The Labute approximate surface area is 127 Å². The Kier molecular flexibility index (Phi) is 5.16. The summed E-state index contributed by atoms with van der Waals surface area (Å²) < 4.78 is 15.8. The number of hydrogen-bond acceptors (Lipinski definition) is 6. The molecule has 0 aliphatic carbocycles. The van der Waals surface area contributed by atoms with E-state index < -0.39 is 0 Å². The van der Waals surface area contributed by atoms with E-state index in [2.05, 4.69) is 10.1 Å². The van der Waals surface area contributed by atoms with Crippen LogP contribution < -0.4 is 9.47 Å². The van der Waals surface area contributed by atoms with E-state index in [1.165, 1.54) is 13.2 Å². The third-order valence-corrected chi connectivity index (χ3v) is 2.93. The van der Waals surface area contributed by atoms with Crippen molar-refractivity contribution in [3.05, 3.63) is 34.4 Å². The molecule has 7 heteroatoms. The standard InChI is InChI=1S/C14H15ClN2O4/c1-3-4-13-16-12(17-21-13)8-20-14-9(7-18)5-10(15)6-11(14)19-2/h5-7H,3-4,8H2,1-2H3. The first kappa shape index (κ1) is 15.3. The second-order valence-corrected chi connectivity index (χ2v) is 4.72. The number of ether oxygens (including phenoxy) is 2. The number of hydrogen-bond donors (Lipinski definition) is 0. The summed E-state index contributed by atoms with van der Waals surface area (Å²) in [5.74, 6) is 1.66. The molecule has 2 rings (SSSR count). The van der Waals surface area contributed by atoms with Crippen molar-refractivity contribution >= 4 is 17.9 Å². The Hall–Kier alpha value is -2.08. The summed E-state index contributed by atoms with van der Waals surface area (Å²) in [5.41, 5.74) is 0.302. The Bertz CT molecular complexity index is 627.